The summed E-state index contributed by atoms with van der Waals surface area (Å²) in [7, 11) is 1.59. The third-order valence-electron chi connectivity index (χ3n) is 7.97. The first kappa shape index (κ1) is 28.6. The fraction of sp³-hybridized carbons (Fsp3) is 0.367. The molecule has 2 aliphatic heterocycles. The third-order valence-corrected chi connectivity index (χ3v) is 8.77. The lowest BCUT2D eigenvalue weighted by atomic mass is 10.0. The Labute approximate surface area is 242 Å². The minimum absolute atomic E-state index is 0.0417. The zero-order chi connectivity index (χ0) is 29.1. The second-order valence-corrected chi connectivity index (χ2v) is 11.4. The van der Waals surface area contributed by atoms with E-state index in [9.17, 15) is 18.4 Å². The van der Waals surface area contributed by atoms with Crippen molar-refractivity contribution in [3.8, 4) is 5.75 Å². The number of piperidine rings is 1. The number of rotatable bonds is 9. The van der Waals surface area contributed by atoms with Gasteiger partial charge in [0.15, 0.2) is 0 Å². The zero-order valence-electron chi connectivity index (χ0n) is 23.0. The summed E-state index contributed by atoms with van der Waals surface area (Å²) >= 11 is -2.47. The van der Waals surface area contributed by atoms with Crippen LogP contribution in [0.5, 0.6) is 5.75 Å². The van der Waals surface area contributed by atoms with E-state index < -0.39 is 23.4 Å². The molecule has 2 fully saturated rings. The Kier molecular flexibility index (Phi) is 8.55. The fourth-order valence-corrected chi connectivity index (χ4v) is 6.47. The Hall–Kier alpha value is -3.96. The van der Waals surface area contributed by atoms with Crippen molar-refractivity contribution in [1.29, 1.82) is 5.41 Å². The van der Waals surface area contributed by atoms with Gasteiger partial charge < -0.3 is 20.3 Å². The maximum atomic E-state index is 13.9. The highest BCUT2D eigenvalue weighted by molar-refractivity contribution is 7.80. The monoisotopic (exact) mass is 577 g/mol. The third kappa shape index (κ3) is 6.06. The average molecular weight is 578 g/mol. The molecule has 2 heterocycles. The lowest BCUT2D eigenvalue weighted by Gasteiger charge is -2.35. The molecule has 2 aliphatic rings. The highest BCUT2D eigenvalue weighted by Gasteiger charge is 2.44. The van der Waals surface area contributed by atoms with E-state index in [1.165, 1.54) is 4.31 Å². The molecule has 216 valence electrons. The number of hydrogen-bond acceptors (Lipinski definition) is 5. The van der Waals surface area contributed by atoms with Gasteiger partial charge in [0, 0.05) is 31.6 Å². The highest BCUT2D eigenvalue weighted by atomic mass is 32.2. The first-order valence-corrected chi connectivity index (χ1v) is 14.8. The average Bonchev–Trinajstić information content (AvgIpc) is 3.35. The Bertz CT molecular complexity index is 1470. The number of amides is 2. The van der Waals surface area contributed by atoms with Crippen LogP contribution in [-0.2, 0) is 27.3 Å². The van der Waals surface area contributed by atoms with Crippen LogP contribution in [0.4, 0.5) is 5.69 Å². The molecular formula is C30H35N5O5S. The molecule has 2 saturated heterocycles. The van der Waals surface area contributed by atoms with Gasteiger partial charge in [-0.15, -0.1) is 0 Å². The second-order valence-electron chi connectivity index (χ2n) is 10.5. The van der Waals surface area contributed by atoms with E-state index in [2.05, 4.69) is 0 Å². The summed E-state index contributed by atoms with van der Waals surface area (Å²) in [6.45, 7) is 1.59. The van der Waals surface area contributed by atoms with Crippen molar-refractivity contribution in [2.75, 3.05) is 31.0 Å². The van der Waals surface area contributed by atoms with Gasteiger partial charge in [0.2, 0.25) is 11.8 Å². The van der Waals surface area contributed by atoms with E-state index in [0.29, 0.717) is 42.9 Å². The number of methoxy groups -OCH3 is 1. The van der Waals surface area contributed by atoms with Gasteiger partial charge in [-0.2, -0.15) is 0 Å². The number of ether oxygens (including phenoxy) is 1. The van der Waals surface area contributed by atoms with Gasteiger partial charge >= 0.3 is 0 Å². The van der Waals surface area contributed by atoms with E-state index in [1.54, 1.807) is 36.3 Å². The molecule has 0 aromatic heterocycles. The summed E-state index contributed by atoms with van der Waals surface area (Å²) in [6.07, 6.45) is 3.52. The summed E-state index contributed by atoms with van der Waals surface area (Å²) in [5, 5.41) is 9.39. The quantitative estimate of drug-likeness (QED) is 0.203. The van der Waals surface area contributed by atoms with Gasteiger partial charge in [0.1, 0.15) is 23.7 Å². The number of nitrogens with one attached hydrogen (secondary N) is 1. The first-order valence-electron chi connectivity index (χ1n) is 13.8. The van der Waals surface area contributed by atoms with Crippen LogP contribution in [0.15, 0.2) is 60.7 Å². The van der Waals surface area contributed by atoms with Crippen molar-refractivity contribution >= 4 is 45.4 Å². The smallest absolute Gasteiger partial charge is 0.262 e. The molecule has 0 spiro atoms. The van der Waals surface area contributed by atoms with Crippen LogP contribution < -0.4 is 14.8 Å². The van der Waals surface area contributed by atoms with Gasteiger partial charge in [-0.3, -0.25) is 23.9 Å². The molecule has 11 heteroatoms. The molecular weight excluding hydrogens is 542 g/mol. The van der Waals surface area contributed by atoms with Gasteiger partial charge in [-0.1, -0.05) is 36.4 Å². The van der Waals surface area contributed by atoms with Crippen LogP contribution in [0.2, 0.25) is 0 Å². The molecule has 0 radical (unpaired) electrons. The van der Waals surface area contributed by atoms with E-state index in [-0.39, 0.29) is 24.2 Å². The minimum atomic E-state index is -2.47. The maximum absolute atomic E-state index is 13.9. The van der Waals surface area contributed by atoms with Crippen molar-refractivity contribution in [1.82, 2.24) is 9.80 Å². The summed E-state index contributed by atoms with van der Waals surface area (Å²) in [6, 6.07) is 16.4. The Morgan fingerprint density at radius 2 is 1.76 bits per heavy atom. The molecule has 41 heavy (non-hydrogen) atoms. The SMILES string of the molecule is COc1ccc2cc(N(C3CCN(C(Cc4ccc(C(=N)N)cc4)C(=O)N4CCCCC4)C3=O)S(=O)O)ccc2c1. The number of anilines is 1. The largest absolute Gasteiger partial charge is 0.497 e. The molecule has 0 saturated carbocycles. The van der Waals surface area contributed by atoms with E-state index >= 15 is 0 Å². The number of fused-ring (bicyclic) bond motifs is 1. The van der Waals surface area contributed by atoms with Gasteiger partial charge in [-0.05, 0) is 66.3 Å². The molecule has 5 rings (SSSR count). The van der Waals surface area contributed by atoms with Crippen LogP contribution in [0.25, 0.3) is 10.8 Å². The Morgan fingerprint density at radius 1 is 1.07 bits per heavy atom. The normalized spacial score (nSPS) is 18.8. The van der Waals surface area contributed by atoms with E-state index in [0.717, 1.165) is 35.6 Å². The zero-order valence-corrected chi connectivity index (χ0v) is 23.8. The molecule has 4 N–H and O–H groups in total. The Balaban J connectivity index is 1.43. The summed E-state index contributed by atoms with van der Waals surface area (Å²) in [5.41, 5.74) is 7.47. The number of benzene rings is 3. The molecule has 2 amide bonds. The molecule has 3 unspecified atom stereocenters. The summed E-state index contributed by atoms with van der Waals surface area (Å²) < 4.78 is 29.5. The number of nitrogens with zero attached hydrogens (tertiary/aromatic N) is 3. The summed E-state index contributed by atoms with van der Waals surface area (Å²) in [4.78, 5) is 31.2. The number of carbonyl (C=O) groups is 2. The van der Waals surface area contributed by atoms with Crippen molar-refractivity contribution in [2.24, 2.45) is 5.73 Å². The van der Waals surface area contributed by atoms with Crippen LogP contribution in [0.1, 0.15) is 36.8 Å². The Morgan fingerprint density at radius 3 is 2.41 bits per heavy atom. The molecule has 0 bridgehead atoms. The number of likely N-dealkylation sites (tertiary alicyclic amines) is 2. The highest BCUT2D eigenvalue weighted by Crippen LogP contribution is 2.31. The maximum Gasteiger partial charge on any atom is 0.262 e. The number of amidine groups is 1. The standard InChI is InChI=1S/C30H35N5O5S/c1-40-25-12-10-22-18-24(11-9-23(22)19-25)35(41(38)39)26-13-16-34(30(26)37)27(29(36)33-14-3-2-4-15-33)17-20-5-7-21(8-6-20)28(31)32/h5-12,18-19,26-27H,2-4,13-17H2,1H3,(H3,31,32)(H,38,39). The molecule has 10 nitrogen and oxygen atoms in total. The van der Waals surface area contributed by atoms with Crippen LogP contribution in [0, 0.1) is 5.41 Å². The van der Waals surface area contributed by atoms with Gasteiger partial charge in [0.25, 0.3) is 11.3 Å². The predicted octanol–water partition coefficient (Wildman–Crippen LogP) is 3.30. The minimum Gasteiger partial charge on any atom is -0.497 e. The number of carbonyl (C=O) groups excluding carboxylic acids is 2. The number of nitrogen functional groups attached to an aromatic ring is 1. The van der Waals surface area contributed by atoms with Crippen molar-refractivity contribution in [2.45, 2.75) is 44.2 Å². The van der Waals surface area contributed by atoms with Crippen LogP contribution in [-0.4, -0.2) is 75.0 Å². The molecule has 3 aromatic rings. The van der Waals surface area contributed by atoms with Crippen LogP contribution >= 0.6 is 0 Å². The number of nitrogens with two attached hydrogens (primary N) is 1. The first-order chi connectivity index (χ1) is 19.8. The second kappa shape index (κ2) is 12.3. The van der Waals surface area contributed by atoms with Gasteiger partial charge in [0.05, 0.1) is 12.8 Å². The predicted molar refractivity (Wildman–Crippen MR) is 159 cm³/mol. The molecule has 0 aliphatic carbocycles. The lowest BCUT2D eigenvalue weighted by molar-refractivity contribution is -0.144. The topological polar surface area (TPSA) is 140 Å². The fourth-order valence-electron chi connectivity index (χ4n) is 5.77. The van der Waals surface area contributed by atoms with E-state index in [1.807, 2.05) is 41.3 Å². The van der Waals surface area contributed by atoms with Crippen molar-refractivity contribution in [3.63, 3.8) is 0 Å². The lowest BCUT2D eigenvalue weighted by Crippen LogP contribution is -2.53. The van der Waals surface area contributed by atoms with Crippen molar-refractivity contribution in [3.05, 3.63) is 71.8 Å². The van der Waals surface area contributed by atoms with Crippen LogP contribution in [0.3, 0.4) is 0 Å². The van der Waals surface area contributed by atoms with Crippen molar-refractivity contribution < 1.29 is 23.1 Å². The molecule has 3 atom stereocenters. The molecule has 3 aromatic carbocycles. The summed E-state index contributed by atoms with van der Waals surface area (Å²) in [5.74, 6) is 0.207. The van der Waals surface area contributed by atoms with Gasteiger partial charge in [-0.25, -0.2) is 4.21 Å². The number of hydrogen-bond donors (Lipinski definition) is 3. The van der Waals surface area contributed by atoms with E-state index in [4.69, 9.17) is 15.9 Å².